The molecular weight excluding hydrogens is 172 g/mol. The summed E-state index contributed by atoms with van der Waals surface area (Å²) in [6.45, 7) is 6.61. The summed E-state index contributed by atoms with van der Waals surface area (Å²) in [5.74, 6) is 0. The van der Waals surface area contributed by atoms with Gasteiger partial charge in [-0.2, -0.15) is 0 Å². The van der Waals surface area contributed by atoms with Gasteiger partial charge in [0.05, 0.1) is 5.52 Å². The van der Waals surface area contributed by atoms with Crippen molar-refractivity contribution >= 4 is 10.9 Å². The Morgan fingerprint density at radius 2 is 1.93 bits per heavy atom. The molecule has 0 radical (unpaired) electrons. The summed E-state index contributed by atoms with van der Waals surface area (Å²) in [5, 5.41) is 1.16. The Morgan fingerprint density at radius 1 is 1.14 bits per heavy atom. The Morgan fingerprint density at radius 3 is 2.64 bits per heavy atom. The molecule has 0 aliphatic rings. The summed E-state index contributed by atoms with van der Waals surface area (Å²) < 4.78 is 0. The van der Waals surface area contributed by atoms with Crippen LogP contribution >= 0.6 is 0 Å². The molecule has 0 bridgehead atoms. The number of nitrogens with zero attached hydrogens (tertiary/aromatic N) is 2. The van der Waals surface area contributed by atoms with E-state index in [2.05, 4.69) is 42.9 Å². The minimum Gasteiger partial charge on any atom is -0.244 e. The molecule has 0 amide bonds. The molecule has 0 N–H and O–H groups in total. The van der Waals surface area contributed by atoms with E-state index in [1.807, 2.05) is 12.3 Å². The van der Waals surface area contributed by atoms with Crippen LogP contribution in [0.5, 0.6) is 0 Å². The van der Waals surface area contributed by atoms with E-state index in [1.165, 1.54) is 5.56 Å². The van der Waals surface area contributed by atoms with Crippen molar-refractivity contribution in [1.82, 2.24) is 9.97 Å². The van der Waals surface area contributed by atoms with Gasteiger partial charge in [0.2, 0.25) is 0 Å². The van der Waals surface area contributed by atoms with Gasteiger partial charge in [-0.15, -0.1) is 0 Å². The highest BCUT2D eigenvalue weighted by Crippen LogP contribution is 2.28. The Hall–Kier alpha value is -1.44. The summed E-state index contributed by atoms with van der Waals surface area (Å²) in [6.07, 6.45) is 3.48. The molecule has 2 rings (SSSR count). The molecule has 0 spiro atoms. The van der Waals surface area contributed by atoms with E-state index < -0.39 is 0 Å². The molecule has 0 fully saturated rings. The fourth-order valence-electron chi connectivity index (χ4n) is 1.66. The number of rotatable bonds is 0. The lowest BCUT2D eigenvalue weighted by Crippen LogP contribution is -2.11. The third-order valence-corrected chi connectivity index (χ3v) is 2.36. The lowest BCUT2D eigenvalue weighted by molar-refractivity contribution is 0.595. The molecule has 0 saturated carbocycles. The first-order valence-corrected chi connectivity index (χ1v) is 4.78. The third-order valence-electron chi connectivity index (χ3n) is 2.36. The Bertz CT molecular complexity index is 450. The largest absolute Gasteiger partial charge is 0.244 e. The van der Waals surface area contributed by atoms with Crippen molar-refractivity contribution in [2.75, 3.05) is 0 Å². The predicted molar refractivity (Wildman–Crippen MR) is 58.2 cm³/mol. The number of hydrogen-bond donors (Lipinski definition) is 0. The molecule has 0 aliphatic carbocycles. The van der Waals surface area contributed by atoms with Crippen molar-refractivity contribution < 1.29 is 0 Å². The van der Waals surface area contributed by atoms with E-state index in [-0.39, 0.29) is 5.41 Å². The van der Waals surface area contributed by atoms with Gasteiger partial charge in [-0.25, -0.2) is 9.97 Å². The summed E-state index contributed by atoms with van der Waals surface area (Å²) in [5.41, 5.74) is 2.47. The van der Waals surface area contributed by atoms with Gasteiger partial charge in [0.25, 0.3) is 0 Å². The second-order valence-electron chi connectivity index (χ2n) is 4.51. The van der Waals surface area contributed by atoms with Crippen molar-refractivity contribution in [3.63, 3.8) is 0 Å². The van der Waals surface area contributed by atoms with E-state index in [0.717, 1.165) is 10.9 Å². The minimum absolute atomic E-state index is 0.143. The molecule has 1 aromatic heterocycles. The lowest BCUT2D eigenvalue weighted by atomic mass is 9.85. The Labute approximate surface area is 84.0 Å². The molecule has 1 heterocycles. The zero-order valence-electron chi connectivity index (χ0n) is 8.78. The molecular formula is C12H14N2. The van der Waals surface area contributed by atoms with E-state index in [1.54, 1.807) is 6.33 Å². The molecule has 1 aromatic carbocycles. The zero-order valence-corrected chi connectivity index (χ0v) is 8.78. The van der Waals surface area contributed by atoms with Gasteiger partial charge in [0.1, 0.15) is 6.33 Å². The molecule has 0 atom stereocenters. The van der Waals surface area contributed by atoms with E-state index in [0.29, 0.717) is 0 Å². The zero-order chi connectivity index (χ0) is 10.2. The highest BCUT2D eigenvalue weighted by atomic mass is 14.8. The van der Waals surface area contributed by atoms with Gasteiger partial charge in [0.15, 0.2) is 0 Å². The maximum absolute atomic E-state index is 4.24. The van der Waals surface area contributed by atoms with Gasteiger partial charge in [-0.1, -0.05) is 32.9 Å². The van der Waals surface area contributed by atoms with Crippen molar-refractivity contribution in [2.24, 2.45) is 0 Å². The number of hydrogen-bond acceptors (Lipinski definition) is 2. The average Bonchev–Trinajstić information content (AvgIpc) is 2.15. The van der Waals surface area contributed by atoms with Crippen LogP contribution in [0.1, 0.15) is 26.3 Å². The van der Waals surface area contributed by atoms with Crippen molar-refractivity contribution in [3.05, 3.63) is 36.3 Å². The molecule has 0 unspecified atom stereocenters. The summed E-state index contributed by atoms with van der Waals surface area (Å²) in [6, 6.07) is 6.22. The van der Waals surface area contributed by atoms with Crippen LogP contribution in [0.15, 0.2) is 30.7 Å². The third kappa shape index (κ3) is 1.48. The lowest BCUT2D eigenvalue weighted by Gasteiger charge is -2.20. The summed E-state index contributed by atoms with van der Waals surface area (Å²) in [4.78, 5) is 8.32. The molecule has 2 nitrogen and oxygen atoms in total. The standard InChI is InChI=1S/C12H14N2/c1-12(2,3)10-5-4-6-11-9(10)7-13-8-14-11/h4-8H,1-3H3. The van der Waals surface area contributed by atoms with Crippen molar-refractivity contribution in [3.8, 4) is 0 Å². The smallest absolute Gasteiger partial charge is 0.116 e. The minimum atomic E-state index is 0.143. The van der Waals surface area contributed by atoms with Gasteiger partial charge < -0.3 is 0 Å². The van der Waals surface area contributed by atoms with Gasteiger partial charge in [-0.3, -0.25) is 0 Å². The quantitative estimate of drug-likeness (QED) is 0.632. The molecule has 14 heavy (non-hydrogen) atoms. The van der Waals surface area contributed by atoms with Crippen molar-refractivity contribution in [1.29, 1.82) is 0 Å². The fraction of sp³-hybridized carbons (Fsp3) is 0.333. The number of fused-ring (bicyclic) bond motifs is 1. The van der Waals surface area contributed by atoms with E-state index in [4.69, 9.17) is 0 Å². The highest BCUT2D eigenvalue weighted by Gasteiger charge is 2.16. The van der Waals surface area contributed by atoms with Crippen LogP contribution < -0.4 is 0 Å². The van der Waals surface area contributed by atoms with Crippen LogP contribution in [0.4, 0.5) is 0 Å². The van der Waals surface area contributed by atoms with Crippen LogP contribution in [0.25, 0.3) is 10.9 Å². The number of aromatic nitrogens is 2. The van der Waals surface area contributed by atoms with Crippen molar-refractivity contribution in [2.45, 2.75) is 26.2 Å². The van der Waals surface area contributed by atoms with Gasteiger partial charge >= 0.3 is 0 Å². The Kier molecular flexibility index (Phi) is 1.99. The van der Waals surface area contributed by atoms with Crippen LogP contribution in [0.2, 0.25) is 0 Å². The van der Waals surface area contributed by atoms with Crippen LogP contribution in [0.3, 0.4) is 0 Å². The second kappa shape index (κ2) is 3.05. The molecule has 2 aromatic rings. The topological polar surface area (TPSA) is 25.8 Å². The van der Waals surface area contributed by atoms with E-state index >= 15 is 0 Å². The first-order chi connectivity index (χ1) is 6.59. The van der Waals surface area contributed by atoms with Gasteiger partial charge in [-0.05, 0) is 17.0 Å². The summed E-state index contributed by atoms with van der Waals surface area (Å²) in [7, 11) is 0. The predicted octanol–water partition coefficient (Wildman–Crippen LogP) is 2.93. The first kappa shape index (κ1) is 9.13. The number of benzene rings is 1. The average molecular weight is 186 g/mol. The molecule has 0 saturated heterocycles. The summed E-state index contributed by atoms with van der Waals surface area (Å²) >= 11 is 0. The molecule has 2 heteroatoms. The fourth-order valence-corrected chi connectivity index (χ4v) is 1.66. The monoisotopic (exact) mass is 186 g/mol. The van der Waals surface area contributed by atoms with Crippen LogP contribution in [-0.2, 0) is 5.41 Å². The van der Waals surface area contributed by atoms with Crippen LogP contribution in [0, 0.1) is 0 Å². The Balaban J connectivity index is 2.78. The maximum Gasteiger partial charge on any atom is 0.116 e. The normalized spacial score (nSPS) is 11.9. The van der Waals surface area contributed by atoms with Crippen LogP contribution in [-0.4, -0.2) is 9.97 Å². The first-order valence-electron chi connectivity index (χ1n) is 4.78. The molecule has 72 valence electrons. The second-order valence-corrected chi connectivity index (χ2v) is 4.51. The highest BCUT2D eigenvalue weighted by molar-refractivity contribution is 5.82. The van der Waals surface area contributed by atoms with Gasteiger partial charge in [0, 0.05) is 11.6 Å². The molecule has 0 aliphatic heterocycles. The maximum atomic E-state index is 4.24. The van der Waals surface area contributed by atoms with E-state index in [9.17, 15) is 0 Å². The SMILES string of the molecule is CC(C)(C)c1cccc2ncncc12.